The van der Waals surface area contributed by atoms with Crippen molar-refractivity contribution in [2.24, 2.45) is 5.73 Å². The van der Waals surface area contributed by atoms with Gasteiger partial charge < -0.3 is 20.8 Å². The fourth-order valence-corrected chi connectivity index (χ4v) is 4.46. The number of amides is 1. The van der Waals surface area contributed by atoms with Gasteiger partial charge in [-0.25, -0.2) is 4.79 Å². The van der Waals surface area contributed by atoms with Crippen molar-refractivity contribution >= 4 is 36.1 Å². The Kier molecular flexibility index (Phi) is 7.47. The van der Waals surface area contributed by atoms with E-state index in [2.05, 4.69) is 12.1 Å². The first-order valence-corrected chi connectivity index (χ1v) is 10.9. The van der Waals surface area contributed by atoms with E-state index in [0.29, 0.717) is 31.1 Å². The van der Waals surface area contributed by atoms with Crippen molar-refractivity contribution in [2.75, 3.05) is 13.1 Å². The Morgan fingerprint density at radius 3 is 2.42 bits per heavy atom. The summed E-state index contributed by atoms with van der Waals surface area (Å²) in [6.45, 7) is 3.13. The second-order valence-corrected chi connectivity index (χ2v) is 8.63. The Bertz CT molecular complexity index is 1170. The number of carbonyl (C=O) groups is 2. The maximum absolute atomic E-state index is 13.3. The Balaban J connectivity index is 0.00000306. The van der Waals surface area contributed by atoms with Gasteiger partial charge in [-0.15, -0.1) is 0 Å². The highest BCUT2D eigenvalue weighted by Gasteiger charge is 2.32. The standard InChI is InChI=1S/C26H28N2O4.H2S/c1-26(32,25(30)31)21-8-9-22-20(15-21)6-3-7-23(22)24(29)28-12-10-18(11-13-28)19-5-2-4-17(14-19)16-27;/h2-9,14-15,18,32H,10-13,16,27H2,1H3,(H,30,31);1H2/t26-;/m0./s1. The van der Waals surface area contributed by atoms with Crippen molar-refractivity contribution in [3.05, 3.63) is 82.9 Å². The molecule has 3 aromatic carbocycles. The van der Waals surface area contributed by atoms with Crippen LogP contribution in [0.15, 0.2) is 60.7 Å². The van der Waals surface area contributed by atoms with Crippen molar-refractivity contribution in [1.29, 1.82) is 0 Å². The van der Waals surface area contributed by atoms with Crippen LogP contribution in [0.4, 0.5) is 0 Å². The number of carboxylic acid groups (broad SMARTS) is 1. The van der Waals surface area contributed by atoms with Gasteiger partial charge in [-0.3, -0.25) is 4.79 Å². The first kappa shape index (κ1) is 24.8. The minimum atomic E-state index is -1.99. The molecule has 7 heteroatoms. The average molecular weight is 467 g/mol. The number of aliphatic hydroxyl groups is 1. The molecule has 1 heterocycles. The lowest BCUT2D eigenvalue weighted by molar-refractivity contribution is -0.157. The van der Waals surface area contributed by atoms with Crippen molar-refractivity contribution in [3.8, 4) is 0 Å². The van der Waals surface area contributed by atoms with E-state index in [-0.39, 0.29) is 25.0 Å². The van der Waals surface area contributed by atoms with E-state index >= 15 is 0 Å². The largest absolute Gasteiger partial charge is 0.479 e. The van der Waals surface area contributed by atoms with Gasteiger partial charge in [-0.05, 0) is 65.3 Å². The fourth-order valence-electron chi connectivity index (χ4n) is 4.46. The second kappa shape index (κ2) is 9.95. The summed E-state index contributed by atoms with van der Waals surface area (Å²) in [6.07, 6.45) is 1.80. The van der Waals surface area contributed by atoms with Crippen LogP contribution < -0.4 is 5.73 Å². The van der Waals surface area contributed by atoms with Gasteiger partial charge in [-0.1, -0.05) is 48.5 Å². The zero-order valence-corrected chi connectivity index (χ0v) is 19.6. The minimum absolute atomic E-state index is 0. The number of hydrogen-bond acceptors (Lipinski definition) is 4. The number of nitrogens with zero attached hydrogens (tertiary/aromatic N) is 1. The van der Waals surface area contributed by atoms with Crippen LogP contribution >= 0.6 is 13.5 Å². The zero-order chi connectivity index (χ0) is 22.9. The van der Waals surface area contributed by atoms with Gasteiger partial charge in [0.2, 0.25) is 0 Å². The molecule has 0 spiro atoms. The number of carboxylic acids is 1. The number of carbonyl (C=O) groups excluding carboxylic acids is 1. The molecule has 4 N–H and O–H groups in total. The number of hydrogen-bond donors (Lipinski definition) is 3. The van der Waals surface area contributed by atoms with Gasteiger partial charge in [0.1, 0.15) is 0 Å². The third-order valence-corrected chi connectivity index (χ3v) is 6.53. The lowest BCUT2D eigenvalue weighted by Gasteiger charge is -2.32. The maximum Gasteiger partial charge on any atom is 0.340 e. The van der Waals surface area contributed by atoms with Crippen LogP contribution in [0.1, 0.15) is 52.7 Å². The lowest BCUT2D eigenvalue weighted by Crippen LogP contribution is -2.38. The first-order valence-electron chi connectivity index (χ1n) is 10.9. The van der Waals surface area contributed by atoms with E-state index in [1.54, 1.807) is 30.3 Å². The zero-order valence-electron chi connectivity index (χ0n) is 18.6. The molecular formula is C26H30N2O4S. The first-order chi connectivity index (χ1) is 15.3. The van der Waals surface area contributed by atoms with Crippen LogP contribution in [0.3, 0.4) is 0 Å². The fraction of sp³-hybridized carbons (Fsp3) is 0.308. The Morgan fingerprint density at radius 2 is 1.76 bits per heavy atom. The molecule has 1 atom stereocenters. The molecule has 0 unspecified atom stereocenters. The van der Waals surface area contributed by atoms with Crippen LogP contribution in [0.5, 0.6) is 0 Å². The number of benzene rings is 3. The van der Waals surface area contributed by atoms with Gasteiger partial charge in [0.15, 0.2) is 5.60 Å². The molecule has 33 heavy (non-hydrogen) atoms. The summed E-state index contributed by atoms with van der Waals surface area (Å²) in [5.74, 6) is -0.926. The normalized spacial score (nSPS) is 16.2. The van der Waals surface area contributed by atoms with E-state index in [0.717, 1.165) is 29.2 Å². The summed E-state index contributed by atoms with van der Waals surface area (Å²) in [6, 6.07) is 18.7. The number of fused-ring (bicyclic) bond motifs is 1. The SMILES string of the molecule is C[C@@](O)(C(=O)O)c1ccc2c(C(=O)N3CCC(c4cccc(CN)c4)CC3)cccc2c1.S. The molecule has 0 saturated carbocycles. The molecule has 1 aliphatic heterocycles. The molecule has 6 nitrogen and oxygen atoms in total. The summed E-state index contributed by atoms with van der Waals surface area (Å²) in [4.78, 5) is 26.6. The predicted octanol–water partition coefficient (Wildman–Crippen LogP) is 3.72. The predicted molar refractivity (Wildman–Crippen MR) is 134 cm³/mol. The lowest BCUT2D eigenvalue weighted by atomic mass is 9.88. The van der Waals surface area contributed by atoms with E-state index < -0.39 is 11.6 Å². The Hall–Kier alpha value is -2.87. The molecule has 1 aliphatic rings. The topological polar surface area (TPSA) is 104 Å². The third-order valence-electron chi connectivity index (χ3n) is 6.53. The summed E-state index contributed by atoms with van der Waals surface area (Å²) in [5, 5.41) is 21.0. The molecular weight excluding hydrogens is 436 g/mol. The quantitative estimate of drug-likeness (QED) is 0.532. The second-order valence-electron chi connectivity index (χ2n) is 8.63. The highest BCUT2D eigenvalue weighted by molar-refractivity contribution is 7.59. The minimum Gasteiger partial charge on any atom is -0.479 e. The van der Waals surface area contributed by atoms with Crippen LogP contribution in [0.2, 0.25) is 0 Å². The number of nitrogens with two attached hydrogens (primary N) is 1. The monoisotopic (exact) mass is 466 g/mol. The van der Waals surface area contributed by atoms with Gasteiger partial charge in [0.25, 0.3) is 5.91 Å². The van der Waals surface area contributed by atoms with E-state index in [9.17, 15) is 19.8 Å². The van der Waals surface area contributed by atoms with Crippen molar-refractivity contribution in [3.63, 3.8) is 0 Å². The smallest absolute Gasteiger partial charge is 0.340 e. The molecule has 1 saturated heterocycles. The van der Waals surface area contributed by atoms with E-state index in [4.69, 9.17) is 5.73 Å². The molecule has 1 fully saturated rings. The van der Waals surface area contributed by atoms with Gasteiger partial charge in [0.05, 0.1) is 0 Å². The molecule has 3 aromatic rings. The average Bonchev–Trinajstić information content (AvgIpc) is 2.82. The highest BCUT2D eigenvalue weighted by atomic mass is 32.1. The highest BCUT2D eigenvalue weighted by Crippen LogP contribution is 2.31. The van der Waals surface area contributed by atoms with Crippen LogP contribution in [-0.4, -0.2) is 40.1 Å². The molecule has 0 aromatic heterocycles. The molecule has 0 aliphatic carbocycles. The van der Waals surface area contributed by atoms with Gasteiger partial charge >= 0.3 is 5.97 Å². The Labute approximate surface area is 200 Å². The van der Waals surface area contributed by atoms with Crippen LogP contribution in [-0.2, 0) is 16.9 Å². The summed E-state index contributed by atoms with van der Waals surface area (Å²) < 4.78 is 0. The van der Waals surface area contributed by atoms with Gasteiger partial charge in [0, 0.05) is 25.2 Å². The van der Waals surface area contributed by atoms with Crippen molar-refractivity contribution < 1.29 is 19.8 Å². The molecule has 0 bridgehead atoms. The van der Waals surface area contributed by atoms with Crippen molar-refractivity contribution in [1.82, 2.24) is 4.90 Å². The van der Waals surface area contributed by atoms with Crippen LogP contribution in [0, 0.1) is 0 Å². The summed E-state index contributed by atoms with van der Waals surface area (Å²) in [7, 11) is 0. The molecule has 1 amide bonds. The molecule has 174 valence electrons. The summed E-state index contributed by atoms with van der Waals surface area (Å²) in [5.41, 5.74) is 7.06. The van der Waals surface area contributed by atoms with Crippen LogP contribution in [0.25, 0.3) is 10.8 Å². The molecule has 0 radical (unpaired) electrons. The third kappa shape index (κ3) is 4.90. The van der Waals surface area contributed by atoms with E-state index in [1.165, 1.54) is 12.5 Å². The van der Waals surface area contributed by atoms with E-state index in [1.807, 2.05) is 23.1 Å². The maximum atomic E-state index is 13.3. The Morgan fingerprint density at radius 1 is 1.06 bits per heavy atom. The number of rotatable bonds is 5. The number of likely N-dealkylation sites (tertiary alicyclic amines) is 1. The van der Waals surface area contributed by atoms with Gasteiger partial charge in [-0.2, -0.15) is 13.5 Å². The molecule has 4 rings (SSSR count). The van der Waals surface area contributed by atoms with Crippen molar-refractivity contribution in [2.45, 2.75) is 37.8 Å². The number of piperidine rings is 1. The number of aliphatic carboxylic acids is 1. The summed E-state index contributed by atoms with van der Waals surface area (Å²) >= 11 is 0.